The highest BCUT2D eigenvalue weighted by Crippen LogP contribution is 2.19. The third-order valence-corrected chi connectivity index (χ3v) is 3.97. The van der Waals surface area contributed by atoms with Crippen molar-refractivity contribution in [2.75, 3.05) is 16.8 Å². The average molecular weight is 307 g/mol. The lowest BCUT2D eigenvalue weighted by atomic mass is 10.2. The molecule has 0 aliphatic carbocycles. The van der Waals surface area contributed by atoms with Gasteiger partial charge in [-0.15, -0.1) is 5.10 Å². The first-order valence-corrected chi connectivity index (χ1v) is 7.36. The molecule has 0 atom stereocenters. The molecule has 112 valence electrons. The third kappa shape index (κ3) is 3.88. The molecule has 21 heavy (non-hydrogen) atoms. The van der Waals surface area contributed by atoms with Gasteiger partial charge in [0.1, 0.15) is 0 Å². The summed E-state index contributed by atoms with van der Waals surface area (Å²) < 4.78 is 1.41. The molecular formula is C13H17N5O2S. The van der Waals surface area contributed by atoms with Crippen LogP contribution in [0.3, 0.4) is 0 Å². The van der Waals surface area contributed by atoms with Crippen molar-refractivity contribution < 1.29 is 4.79 Å². The Bertz CT molecular complexity index is 707. The predicted octanol–water partition coefficient (Wildman–Crippen LogP) is 1.12. The summed E-state index contributed by atoms with van der Waals surface area (Å²) in [4.78, 5) is 23.1. The molecule has 0 bridgehead atoms. The maximum atomic E-state index is 11.9. The SMILES string of the molecule is Cc1ccc(N)cc1NC(=O)CCSc1n[nH]c(=O)n1C. The smallest absolute Gasteiger partial charge is 0.343 e. The Morgan fingerprint density at radius 1 is 1.52 bits per heavy atom. The number of nitrogen functional groups attached to an aromatic ring is 1. The number of amides is 1. The van der Waals surface area contributed by atoms with Gasteiger partial charge in [0.05, 0.1) is 0 Å². The fourth-order valence-electron chi connectivity index (χ4n) is 1.68. The number of anilines is 2. The van der Waals surface area contributed by atoms with Crippen molar-refractivity contribution in [2.45, 2.75) is 18.5 Å². The number of aromatic amines is 1. The Labute approximate surface area is 125 Å². The van der Waals surface area contributed by atoms with Gasteiger partial charge in [0.2, 0.25) is 5.91 Å². The number of aromatic nitrogens is 3. The third-order valence-electron chi connectivity index (χ3n) is 2.93. The zero-order valence-electron chi connectivity index (χ0n) is 11.8. The lowest BCUT2D eigenvalue weighted by Crippen LogP contribution is -2.14. The lowest BCUT2D eigenvalue weighted by molar-refractivity contribution is -0.115. The molecule has 0 saturated carbocycles. The summed E-state index contributed by atoms with van der Waals surface area (Å²) in [6, 6.07) is 5.38. The number of rotatable bonds is 5. The number of nitrogens with one attached hydrogen (secondary N) is 2. The van der Waals surface area contributed by atoms with E-state index in [9.17, 15) is 9.59 Å². The number of thioether (sulfide) groups is 1. The van der Waals surface area contributed by atoms with Gasteiger partial charge >= 0.3 is 5.69 Å². The van der Waals surface area contributed by atoms with E-state index in [0.717, 1.165) is 11.3 Å². The van der Waals surface area contributed by atoms with Gasteiger partial charge in [0.15, 0.2) is 5.16 Å². The predicted molar refractivity (Wildman–Crippen MR) is 83.4 cm³/mol. The largest absolute Gasteiger partial charge is 0.399 e. The summed E-state index contributed by atoms with van der Waals surface area (Å²) >= 11 is 1.35. The van der Waals surface area contributed by atoms with Gasteiger partial charge in [0, 0.05) is 30.6 Å². The van der Waals surface area contributed by atoms with Crippen LogP contribution in [-0.2, 0) is 11.8 Å². The minimum absolute atomic E-state index is 0.100. The molecule has 1 aromatic carbocycles. The van der Waals surface area contributed by atoms with E-state index in [1.165, 1.54) is 16.3 Å². The standard InChI is InChI=1S/C13H17N5O2S/c1-8-3-4-9(14)7-10(8)15-11(19)5-6-21-13-17-16-12(20)18(13)2/h3-4,7H,5-6,14H2,1-2H3,(H,15,19)(H,16,20). The first-order chi connectivity index (χ1) is 9.97. The molecule has 2 aromatic rings. The molecule has 8 heteroatoms. The number of carbonyl (C=O) groups excluding carboxylic acids is 1. The van der Waals surface area contributed by atoms with E-state index in [1.54, 1.807) is 19.2 Å². The summed E-state index contributed by atoms with van der Waals surface area (Å²) in [5.74, 6) is 0.433. The monoisotopic (exact) mass is 307 g/mol. The van der Waals surface area contributed by atoms with E-state index in [0.29, 0.717) is 23.0 Å². The average Bonchev–Trinajstić information content (AvgIpc) is 2.75. The second kappa shape index (κ2) is 6.49. The summed E-state index contributed by atoms with van der Waals surface area (Å²) in [5, 5.41) is 9.60. The van der Waals surface area contributed by atoms with Crippen LogP contribution in [0.15, 0.2) is 28.2 Å². The van der Waals surface area contributed by atoms with Gasteiger partial charge in [0.25, 0.3) is 0 Å². The zero-order chi connectivity index (χ0) is 15.4. The molecule has 0 aliphatic heterocycles. The number of nitrogens with two attached hydrogens (primary N) is 1. The van der Waals surface area contributed by atoms with Crippen LogP contribution >= 0.6 is 11.8 Å². The first-order valence-electron chi connectivity index (χ1n) is 6.37. The van der Waals surface area contributed by atoms with Crippen molar-refractivity contribution in [1.82, 2.24) is 14.8 Å². The van der Waals surface area contributed by atoms with Crippen molar-refractivity contribution in [1.29, 1.82) is 0 Å². The summed E-state index contributed by atoms with van der Waals surface area (Å²) in [6.45, 7) is 1.91. The van der Waals surface area contributed by atoms with E-state index in [4.69, 9.17) is 5.73 Å². The van der Waals surface area contributed by atoms with Gasteiger partial charge in [-0.1, -0.05) is 17.8 Å². The number of carbonyl (C=O) groups is 1. The minimum atomic E-state index is -0.266. The van der Waals surface area contributed by atoms with E-state index in [-0.39, 0.29) is 11.6 Å². The van der Waals surface area contributed by atoms with Crippen LogP contribution in [0.25, 0.3) is 0 Å². The summed E-state index contributed by atoms with van der Waals surface area (Å²) in [5.41, 5.74) is 7.72. The molecule has 0 unspecified atom stereocenters. The van der Waals surface area contributed by atoms with Crippen molar-refractivity contribution in [2.24, 2.45) is 7.05 Å². The number of H-pyrrole nitrogens is 1. The van der Waals surface area contributed by atoms with E-state index >= 15 is 0 Å². The Hall–Kier alpha value is -2.22. The normalized spacial score (nSPS) is 10.6. The fourth-order valence-corrected chi connectivity index (χ4v) is 2.54. The van der Waals surface area contributed by atoms with Crippen LogP contribution in [0.5, 0.6) is 0 Å². The van der Waals surface area contributed by atoms with Gasteiger partial charge in [-0.05, 0) is 24.6 Å². The van der Waals surface area contributed by atoms with Gasteiger partial charge < -0.3 is 11.1 Å². The number of benzene rings is 1. The molecule has 0 spiro atoms. The molecule has 1 aromatic heterocycles. The van der Waals surface area contributed by atoms with Gasteiger partial charge in [-0.25, -0.2) is 9.89 Å². The van der Waals surface area contributed by atoms with Crippen LogP contribution in [0, 0.1) is 6.92 Å². The number of nitrogens with zero attached hydrogens (tertiary/aromatic N) is 2. The highest BCUT2D eigenvalue weighted by atomic mass is 32.2. The molecule has 1 amide bonds. The molecule has 0 radical (unpaired) electrons. The van der Waals surface area contributed by atoms with Crippen molar-refractivity contribution >= 4 is 29.0 Å². The molecule has 4 N–H and O–H groups in total. The lowest BCUT2D eigenvalue weighted by Gasteiger charge is -2.09. The summed E-state index contributed by atoms with van der Waals surface area (Å²) in [7, 11) is 1.63. The van der Waals surface area contributed by atoms with Crippen molar-refractivity contribution in [3.05, 3.63) is 34.2 Å². The van der Waals surface area contributed by atoms with E-state index in [1.807, 2.05) is 13.0 Å². The van der Waals surface area contributed by atoms with Crippen molar-refractivity contribution in [3.8, 4) is 0 Å². The highest BCUT2D eigenvalue weighted by molar-refractivity contribution is 7.99. The van der Waals surface area contributed by atoms with Crippen molar-refractivity contribution in [3.63, 3.8) is 0 Å². The van der Waals surface area contributed by atoms with Crippen LogP contribution in [0.2, 0.25) is 0 Å². The van der Waals surface area contributed by atoms with E-state index in [2.05, 4.69) is 15.5 Å². The Morgan fingerprint density at radius 2 is 2.29 bits per heavy atom. The van der Waals surface area contributed by atoms with Gasteiger partial charge in [-0.2, -0.15) is 0 Å². The number of hydrogen-bond donors (Lipinski definition) is 3. The fraction of sp³-hybridized carbons (Fsp3) is 0.308. The molecule has 2 rings (SSSR count). The number of hydrogen-bond acceptors (Lipinski definition) is 5. The number of aryl methyl sites for hydroxylation is 1. The zero-order valence-corrected chi connectivity index (χ0v) is 12.7. The summed E-state index contributed by atoms with van der Waals surface area (Å²) in [6.07, 6.45) is 0.319. The Balaban J connectivity index is 1.86. The van der Waals surface area contributed by atoms with Crippen LogP contribution in [0.4, 0.5) is 11.4 Å². The second-order valence-electron chi connectivity index (χ2n) is 4.59. The minimum Gasteiger partial charge on any atom is -0.399 e. The molecule has 0 saturated heterocycles. The highest BCUT2D eigenvalue weighted by Gasteiger charge is 2.08. The first kappa shape index (κ1) is 15.2. The molecule has 7 nitrogen and oxygen atoms in total. The van der Waals surface area contributed by atoms with Crippen LogP contribution in [0.1, 0.15) is 12.0 Å². The van der Waals surface area contributed by atoms with Gasteiger partial charge in [-0.3, -0.25) is 9.36 Å². The Kier molecular flexibility index (Phi) is 4.69. The quantitative estimate of drug-likeness (QED) is 0.567. The molecular weight excluding hydrogens is 290 g/mol. The maximum absolute atomic E-state index is 11.9. The molecule has 0 aliphatic rings. The maximum Gasteiger partial charge on any atom is 0.343 e. The van der Waals surface area contributed by atoms with Crippen LogP contribution < -0.4 is 16.7 Å². The Morgan fingerprint density at radius 3 is 2.95 bits per heavy atom. The molecule has 1 heterocycles. The van der Waals surface area contributed by atoms with Crippen LogP contribution in [-0.4, -0.2) is 26.4 Å². The topological polar surface area (TPSA) is 106 Å². The molecule has 0 fully saturated rings. The van der Waals surface area contributed by atoms with E-state index < -0.39 is 0 Å². The second-order valence-corrected chi connectivity index (χ2v) is 5.65.